The van der Waals surface area contributed by atoms with Crippen molar-refractivity contribution >= 4 is 57.6 Å². The first-order valence-corrected chi connectivity index (χ1v) is 9.11. The van der Waals surface area contributed by atoms with Gasteiger partial charge < -0.3 is 5.32 Å². The molecule has 2 amide bonds. The van der Waals surface area contributed by atoms with Crippen LogP contribution in [-0.2, 0) is 9.59 Å². The molecule has 1 N–H and O–H groups in total. The van der Waals surface area contributed by atoms with Gasteiger partial charge in [-0.05, 0) is 48.0 Å². The van der Waals surface area contributed by atoms with Crippen molar-refractivity contribution in [1.29, 1.82) is 0 Å². The fourth-order valence-corrected chi connectivity index (χ4v) is 3.61. The summed E-state index contributed by atoms with van der Waals surface area (Å²) in [5, 5.41) is 13.3. The molecule has 7 nitrogen and oxygen atoms in total. The van der Waals surface area contributed by atoms with Gasteiger partial charge in [-0.15, -0.1) is 0 Å². The molecule has 1 fully saturated rings. The number of hydrogen-bond donors (Lipinski definition) is 1. The number of nitro groups is 1. The molecule has 142 valence electrons. The van der Waals surface area contributed by atoms with Crippen LogP contribution < -0.4 is 5.32 Å². The highest BCUT2D eigenvalue weighted by atomic mass is 32.2. The molecule has 0 aromatic heterocycles. The van der Waals surface area contributed by atoms with Gasteiger partial charge in [-0.1, -0.05) is 24.0 Å². The highest BCUT2D eigenvalue weighted by Crippen LogP contribution is 2.32. The predicted octanol–water partition coefficient (Wildman–Crippen LogP) is 3.57. The van der Waals surface area contributed by atoms with Crippen LogP contribution in [0, 0.1) is 15.9 Å². The SMILES string of the molecule is O=C(CN1C(=O)/C(=C/c2ccc([N+](=O)[O-])cc2)SC1=S)Nc1ccc(F)cc1. The summed E-state index contributed by atoms with van der Waals surface area (Å²) in [7, 11) is 0. The number of amides is 2. The molecular weight excluding hydrogens is 405 g/mol. The molecule has 28 heavy (non-hydrogen) atoms. The fourth-order valence-electron chi connectivity index (χ4n) is 2.36. The van der Waals surface area contributed by atoms with E-state index in [4.69, 9.17) is 12.2 Å². The van der Waals surface area contributed by atoms with E-state index < -0.39 is 22.6 Å². The van der Waals surface area contributed by atoms with E-state index in [0.717, 1.165) is 16.7 Å². The van der Waals surface area contributed by atoms with Gasteiger partial charge in [0.2, 0.25) is 5.91 Å². The summed E-state index contributed by atoms with van der Waals surface area (Å²) in [6.45, 7) is -0.278. The van der Waals surface area contributed by atoms with Crippen molar-refractivity contribution in [2.24, 2.45) is 0 Å². The topological polar surface area (TPSA) is 92.5 Å². The second-order valence-electron chi connectivity index (χ2n) is 5.67. The van der Waals surface area contributed by atoms with Crippen molar-refractivity contribution in [2.45, 2.75) is 0 Å². The second kappa shape index (κ2) is 8.28. The van der Waals surface area contributed by atoms with E-state index in [-0.39, 0.29) is 16.6 Å². The number of benzene rings is 2. The number of anilines is 1. The van der Waals surface area contributed by atoms with Gasteiger partial charge in [-0.2, -0.15) is 0 Å². The third kappa shape index (κ3) is 4.59. The molecule has 3 rings (SSSR count). The first-order chi connectivity index (χ1) is 13.3. The van der Waals surface area contributed by atoms with E-state index in [2.05, 4.69) is 5.32 Å². The summed E-state index contributed by atoms with van der Waals surface area (Å²) < 4.78 is 13.1. The molecule has 0 aliphatic carbocycles. The van der Waals surface area contributed by atoms with Crippen LogP contribution in [0.1, 0.15) is 5.56 Å². The van der Waals surface area contributed by atoms with Crippen molar-refractivity contribution in [2.75, 3.05) is 11.9 Å². The van der Waals surface area contributed by atoms with Gasteiger partial charge in [-0.3, -0.25) is 24.6 Å². The lowest BCUT2D eigenvalue weighted by Gasteiger charge is -2.14. The standard InChI is InChI=1S/C18H12FN3O4S2/c19-12-3-5-13(6-4-12)20-16(23)10-21-17(24)15(28-18(21)27)9-11-1-7-14(8-2-11)22(25)26/h1-9H,10H2,(H,20,23)/b15-9-. The zero-order valence-electron chi connectivity index (χ0n) is 14.1. The Kier molecular flexibility index (Phi) is 5.81. The zero-order valence-corrected chi connectivity index (χ0v) is 15.8. The molecule has 0 bridgehead atoms. The summed E-state index contributed by atoms with van der Waals surface area (Å²) in [6, 6.07) is 11.0. The molecule has 1 heterocycles. The average molecular weight is 417 g/mol. The van der Waals surface area contributed by atoms with Crippen LogP contribution in [0.25, 0.3) is 6.08 Å². The van der Waals surface area contributed by atoms with E-state index in [9.17, 15) is 24.1 Å². The van der Waals surface area contributed by atoms with Gasteiger partial charge in [0.15, 0.2) is 0 Å². The Morgan fingerprint density at radius 3 is 2.46 bits per heavy atom. The Morgan fingerprint density at radius 1 is 1.21 bits per heavy atom. The van der Waals surface area contributed by atoms with E-state index in [1.165, 1.54) is 48.5 Å². The van der Waals surface area contributed by atoms with Gasteiger partial charge in [0, 0.05) is 17.8 Å². The van der Waals surface area contributed by atoms with Crippen molar-refractivity contribution in [3.05, 3.63) is 74.9 Å². The van der Waals surface area contributed by atoms with Gasteiger partial charge in [-0.25, -0.2) is 4.39 Å². The highest BCUT2D eigenvalue weighted by molar-refractivity contribution is 8.26. The van der Waals surface area contributed by atoms with Crippen LogP contribution in [0.4, 0.5) is 15.8 Å². The second-order valence-corrected chi connectivity index (χ2v) is 7.35. The first kappa shape index (κ1) is 19.6. The summed E-state index contributed by atoms with van der Waals surface area (Å²) in [5.41, 5.74) is 0.947. The average Bonchev–Trinajstić information content (AvgIpc) is 2.91. The number of non-ortho nitro benzene ring substituents is 1. The number of rotatable bonds is 5. The minimum Gasteiger partial charge on any atom is -0.325 e. The maximum Gasteiger partial charge on any atom is 0.269 e. The Balaban J connectivity index is 1.68. The third-order valence-electron chi connectivity index (χ3n) is 3.70. The molecule has 2 aromatic rings. The van der Waals surface area contributed by atoms with Gasteiger partial charge in [0.05, 0.1) is 9.83 Å². The van der Waals surface area contributed by atoms with Gasteiger partial charge in [0.1, 0.15) is 16.7 Å². The minimum atomic E-state index is -0.511. The van der Waals surface area contributed by atoms with Crippen LogP contribution in [-0.4, -0.2) is 32.5 Å². The predicted molar refractivity (Wildman–Crippen MR) is 108 cm³/mol. The molecule has 0 spiro atoms. The number of thiocarbonyl (C=S) groups is 1. The van der Waals surface area contributed by atoms with Gasteiger partial charge >= 0.3 is 0 Å². The minimum absolute atomic E-state index is 0.0536. The lowest BCUT2D eigenvalue weighted by atomic mass is 10.2. The number of nitro benzene ring substituents is 1. The number of nitrogens with one attached hydrogen (secondary N) is 1. The van der Waals surface area contributed by atoms with Crippen LogP contribution in [0.5, 0.6) is 0 Å². The molecule has 1 aliphatic heterocycles. The van der Waals surface area contributed by atoms with Crippen LogP contribution in [0.15, 0.2) is 53.4 Å². The fraction of sp³-hybridized carbons (Fsp3) is 0.0556. The molecule has 10 heteroatoms. The Hall–Kier alpha value is -3.11. The molecular formula is C18H12FN3O4S2. The highest BCUT2D eigenvalue weighted by Gasteiger charge is 2.33. The van der Waals surface area contributed by atoms with Crippen molar-refractivity contribution in [3.8, 4) is 0 Å². The van der Waals surface area contributed by atoms with Crippen molar-refractivity contribution in [3.63, 3.8) is 0 Å². The normalized spacial score (nSPS) is 15.2. The summed E-state index contributed by atoms with van der Waals surface area (Å²) in [6.07, 6.45) is 1.56. The maximum atomic E-state index is 12.9. The molecule has 0 saturated carbocycles. The zero-order chi connectivity index (χ0) is 20.3. The van der Waals surface area contributed by atoms with E-state index in [1.807, 2.05) is 0 Å². The third-order valence-corrected chi connectivity index (χ3v) is 5.08. The number of thioether (sulfide) groups is 1. The number of nitrogens with zero attached hydrogens (tertiary/aromatic N) is 2. The van der Waals surface area contributed by atoms with E-state index in [0.29, 0.717) is 16.2 Å². The summed E-state index contributed by atoms with van der Waals surface area (Å²) in [5.74, 6) is -1.33. The lowest BCUT2D eigenvalue weighted by molar-refractivity contribution is -0.384. The monoisotopic (exact) mass is 417 g/mol. The van der Waals surface area contributed by atoms with E-state index in [1.54, 1.807) is 6.08 Å². The van der Waals surface area contributed by atoms with E-state index >= 15 is 0 Å². The van der Waals surface area contributed by atoms with Crippen molar-refractivity contribution < 1.29 is 18.9 Å². The quantitative estimate of drug-likeness (QED) is 0.346. The summed E-state index contributed by atoms with van der Waals surface area (Å²) in [4.78, 5) is 36.4. The lowest BCUT2D eigenvalue weighted by Crippen LogP contribution is -2.36. The molecule has 2 aromatic carbocycles. The molecule has 0 atom stereocenters. The first-order valence-electron chi connectivity index (χ1n) is 7.89. The smallest absolute Gasteiger partial charge is 0.269 e. The largest absolute Gasteiger partial charge is 0.325 e. The maximum absolute atomic E-state index is 12.9. The summed E-state index contributed by atoms with van der Waals surface area (Å²) >= 11 is 6.22. The van der Waals surface area contributed by atoms with Crippen LogP contribution in [0.3, 0.4) is 0 Å². The molecule has 1 aliphatic rings. The van der Waals surface area contributed by atoms with Crippen molar-refractivity contribution in [1.82, 2.24) is 4.90 Å². The molecule has 0 unspecified atom stereocenters. The number of carbonyl (C=O) groups excluding carboxylic acids is 2. The Morgan fingerprint density at radius 2 is 1.86 bits per heavy atom. The van der Waals surface area contributed by atoms with Crippen LogP contribution >= 0.6 is 24.0 Å². The van der Waals surface area contributed by atoms with Crippen LogP contribution in [0.2, 0.25) is 0 Å². The Labute approximate surface area is 168 Å². The Bertz CT molecular complexity index is 991. The van der Waals surface area contributed by atoms with Gasteiger partial charge in [0.25, 0.3) is 11.6 Å². The number of hydrogen-bond acceptors (Lipinski definition) is 6. The molecule has 1 saturated heterocycles. The molecule has 0 radical (unpaired) electrons. The number of carbonyl (C=O) groups is 2. The number of halogens is 1.